The first-order chi connectivity index (χ1) is 1.91. The maximum atomic E-state index is 4.72. The average Bonchev–Trinajstić information content (AvgIpc) is 1.37. The van der Waals surface area contributed by atoms with Crippen molar-refractivity contribution in [2.75, 3.05) is 0 Å². The zero-order valence-electron chi connectivity index (χ0n) is 3.02. The normalized spacial score (nSPS) is 4.00. The van der Waals surface area contributed by atoms with Crippen LogP contribution in [0, 0.1) is 13.2 Å². The van der Waals surface area contributed by atoms with Crippen LogP contribution in [0.3, 0.4) is 0 Å². The molecule has 0 aliphatic carbocycles. The van der Waals surface area contributed by atoms with Crippen molar-refractivity contribution in [3.63, 3.8) is 0 Å². The third kappa shape index (κ3) is 11.8. The minimum atomic E-state index is 0. The summed E-state index contributed by atoms with van der Waals surface area (Å²) in [6.45, 7) is 9.44. The molecule has 0 unspecified atom stereocenters. The van der Waals surface area contributed by atoms with E-state index in [2.05, 4.69) is 0 Å². The largest absolute Gasteiger partial charge is 2.00 e. The van der Waals surface area contributed by atoms with E-state index in [0.29, 0.717) is 0 Å². The summed E-state index contributed by atoms with van der Waals surface area (Å²) in [5, 5.41) is 0. The van der Waals surface area contributed by atoms with Crippen LogP contribution in [0.4, 0.5) is 0 Å². The van der Waals surface area contributed by atoms with Gasteiger partial charge in [-0.05, 0) is 0 Å². The molecule has 0 saturated heterocycles. The molecular weight excluding hydrogens is 88.1 g/mol. The van der Waals surface area contributed by atoms with Crippen LogP contribution in [0.1, 0.15) is 0 Å². The molecule has 0 aromatic carbocycles. The minimum absolute atomic E-state index is 0. The molecule has 0 aliphatic rings. The summed E-state index contributed by atoms with van der Waals surface area (Å²) in [6.07, 6.45) is 2.56. The van der Waals surface area contributed by atoms with Gasteiger partial charge < -0.3 is 25.3 Å². The third-order valence-corrected chi connectivity index (χ3v) is 0.111. The summed E-state index contributed by atoms with van der Waals surface area (Å²) < 4.78 is 0. The van der Waals surface area contributed by atoms with Gasteiger partial charge >= 0.3 is 37.7 Å². The molecule has 0 aliphatic heterocycles. The smallest absolute Gasteiger partial charge is 0.394 e. The Morgan fingerprint density at radius 1 is 1.00 bits per heavy atom. The van der Waals surface area contributed by atoms with Crippen molar-refractivity contribution < 1.29 is 0 Å². The average molecular weight is 92.2 g/mol. The Bertz CT molecular complexity index is 24.6. The van der Waals surface area contributed by atoms with E-state index in [9.17, 15) is 0 Å². The topological polar surface area (TPSA) is 0 Å². The van der Waals surface area contributed by atoms with Crippen molar-refractivity contribution in [1.82, 2.24) is 0 Å². The van der Waals surface area contributed by atoms with E-state index in [1.807, 2.05) is 0 Å². The molecule has 5 heavy (non-hydrogen) atoms. The molecular formula is C4H4Ca. The Hall–Kier alpha value is 0.740. The second-order valence-corrected chi connectivity index (χ2v) is 0.385. The molecule has 0 saturated carbocycles. The molecule has 0 aromatic heterocycles. The molecule has 22 valence electrons. The van der Waals surface area contributed by atoms with Gasteiger partial charge in [-0.15, -0.1) is 0 Å². The van der Waals surface area contributed by atoms with Crippen molar-refractivity contribution in [3.8, 4) is 0 Å². The zero-order chi connectivity index (χ0) is 3.41. The first-order valence-corrected chi connectivity index (χ1v) is 1.00. The van der Waals surface area contributed by atoms with Gasteiger partial charge in [0.15, 0.2) is 0 Å². The van der Waals surface area contributed by atoms with Crippen LogP contribution in [0.25, 0.3) is 0 Å². The van der Waals surface area contributed by atoms with Crippen LogP contribution in [0.2, 0.25) is 0 Å². The summed E-state index contributed by atoms with van der Waals surface area (Å²) in [6, 6.07) is 0. The van der Waals surface area contributed by atoms with Gasteiger partial charge in [0.2, 0.25) is 0 Å². The van der Waals surface area contributed by atoms with Crippen LogP contribution in [0.15, 0.2) is 12.2 Å². The molecule has 0 aromatic rings. The molecule has 0 amide bonds. The standard InChI is InChI=1S/C4H4.Ca/c1-3-4-2;/h1-4H;/q-2;+2. The fraction of sp³-hybridized carbons (Fsp3) is 0. The van der Waals surface area contributed by atoms with Gasteiger partial charge in [0.1, 0.15) is 0 Å². The summed E-state index contributed by atoms with van der Waals surface area (Å²) in [5.74, 6) is 0. The third-order valence-electron chi connectivity index (χ3n) is 0.111. The number of rotatable bonds is 1. The maximum Gasteiger partial charge on any atom is 2.00 e. The van der Waals surface area contributed by atoms with Crippen LogP contribution in [-0.4, -0.2) is 37.7 Å². The molecule has 0 atom stereocenters. The van der Waals surface area contributed by atoms with Crippen molar-refractivity contribution in [1.29, 1.82) is 0 Å². The number of hydrogen-bond donors (Lipinski definition) is 0. The van der Waals surface area contributed by atoms with E-state index >= 15 is 0 Å². The van der Waals surface area contributed by atoms with E-state index in [1.165, 1.54) is 12.2 Å². The van der Waals surface area contributed by atoms with Crippen LogP contribution in [-0.2, 0) is 0 Å². The van der Waals surface area contributed by atoms with E-state index in [4.69, 9.17) is 13.2 Å². The first kappa shape index (κ1) is 9.22. The Balaban J connectivity index is 0. The Morgan fingerprint density at radius 2 is 1.20 bits per heavy atom. The monoisotopic (exact) mass is 92.0 g/mol. The Kier molecular flexibility index (Phi) is 16.3. The van der Waals surface area contributed by atoms with E-state index in [0.717, 1.165) is 0 Å². The van der Waals surface area contributed by atoms with Gasteiger partial charge in [0.25, 0.3) is 0 Å². The van der Waals surface area contributed by atoms with Gasteiger partial charge in [-0.3, -0.25) is 0 Å². The Morgan fingerprint density at radius 3 is 1.20 bits per heavy atom. The van der Waals surface area contributed by atoms with Gasteiger partial charge in [-0.2, -0.15) is 0 Å². The summed E-state index contributed by atoms with van der Waals surface area (Å²) >= 11 is 0. The number of hydrogen-bond acceptors (Lipinski definition) is 0. The molecule has 0 bridgehead atoms. The second kappa shape index (κ2) is 8.83. The van der Waals surface area contributed by atoms with E-state index in [-0.39, 0.29) is 37.7 Å². The Labute approximate surface area is 62.6 Å². The van der Waals surface area contributed by atoms with Crippen LogP contribution in [0.5, 0.6) is 0 Å². The molecule has 0 rings (SSSR count). The van der Waals surface area contributed by atoms with Gasteiger partial charge in [-0.1, -0.05) is 0 Å². The molecule has 0 nitrogen and oxygen atoms in total. The van der Waals surface area contributed by atoms with E-state index in [1.54, 1.807) is 0 Å². The van der Waals surface area contributed by atoms with Crippen molar-refractivity contribution in [3.05, 3.63) is 25.3 Å². The predicted molar refractivity (Wildman–Crippen MR) is 23.5 cm³/mol. The summed E-state index contributed by atoms with van der Waals surface area (Å²) in [4.78, 5) is 0. The van der Waals surface area contributed by atoms with Gasteiger partial charge in [0, 0.05) is 0 Å². The molecule has 0 radical (unpaired) electrons. The molecule has 0 fully saturated rings. The minimum Gasteiger partial charge on any atom is -0.394 e. The van der Waals surface area contributed by atoms with Gasteiger partial charge in [-0.25, -0.2) is 0 Å². The zero-order valence-corrected chi connectivity index (χ0v) is 5.22. The summed E-state index contributed by atoms with van der Waals surface area (Å²) in [5.41, 5.74) is 0. The second-order valence-electron chi connectivity index (χ2n) is 0.385. The first-order valence-electron chi connectivity index (χ1n) is 1.00. The van der Waals surface area contributed by atoms with Crippen molar-refractivity contribution in [2.45, 2.75) is 0 Å². The SMILES string of the molecule is [CH-]=CC=[CH-].[Ca+2]. The van der Waals surface area contributed by atoms with Crippen molar-refractivity contribution >= 4 is 37.7 Å². The van der Waals surface area contributed by atoms with Crippen molar-refractivity contribution in [2.24, 2.45) is 0 Å². The predicted octanol–water partition coefficient (Wildman–Crippen LogP) is 0.584. The molecule has 0 heterocycles. The fourth-order valence-electron chi connectivity index (χ4n) is 0. The molecule has 1 heteroatoms. The quantitative estimate of drug-likeness (QED) is 0.252. The van der Waals surface area contributed by atoms with E-state index < -0.39 is 0 Å². The van der Waals surface area contributed by atoms with Gasteiger partial charge in [0.05, 0.1) is 0 Å². The maximum absolute atomic E-state index is 4.72. The summed E-state index contributed by atoms with van der Waals surface area (Å²) in [7, 11) is 0. The van der Waals surface area contributed by atoms with Crippen LogP contribution >= 0.6 is 0 Å². The fourth-order valence-corrected chi connectivity index (χ4v) is 0. The molecule has 0 spiro atoms. The molecule has 0 N–H and O–H groups in total. The van der Waals surface area contributed by atoms with Crippen LogP contribution < -0.4 is 0 Å². The number of allylic oxidation sites excluding steroid dienone is 2.